The Balaban J connectivity index is 1.17. The smallest absolute Gasteiger partial charge is 0.417 e. The van der Waals surface area contributed by atoms with Crippen LogP contribution in [0.1, 0.15) is 61.8 Å². The molecule has 44 heavy (non-hydrogen) atoms. The maximum atomic E-state index is 14.5. The number of hydrogen-bond donors (Lipinski definition) is 0. The van der Waals surface area contributed by atoms with Crippen molar-refractivity contribution >= 4 is 12.0 Å². The topological polar surface area (TPSA) is 90.4 Å². The molecule has 5 atom stereocenters. The molecule has 3 saturated heterocycles. The first-order valence-corrected chi connectivity index (χ1v) is 16.1. The highest BCUT2D eigenvalue weighted by Crippen LogP contribution is 2.54. The molecule has 4 aliphatic heterocycles. The largest absolute Gasteiger partial charge is 0.449 e. The quantitative estimate of drug-likeness (QED) is 0.435. The lowest BCUT2D eigenvalue weighted by atomic mass is 9.78. The van der Waals surface area contributed by atoms with Crippen molar-refractivity contribution in [2.75, 3.05) is 59.8 Å². The number of alkyl halides is 3. The number of nitrogens with zero attached hydrogens (tertiary/aromatic N) is 3. The molecule has 1 aromatic heterocycles. The monoisotopic (exact) mass is 623 g/mol. The van der Waals surface area contributed by atoms with Crippen molar-refractivity contribution in [3.63, 3.8) is 0 Å². The summed E-state index contributed by atoms with van der Waals surface area (Å²) in [4.78, 5) is 35.2. The molecule has 2 unspecified atom stereocenters. The Labute approximate surface area is 256 Å². The number of amides is 2. The van der Waals surface area contributed by atoms with Crippen molar-refractivity contribution in [3.05, 3.63) is 29.1 Å². The molecular formula is C32H44F3N3O6. The number of rotatable bonds is 7. The average molecular weight is 624 g/mol. The van der Waals surface area contributed by atoms with Crippen LogP contribution in [-0.4, -0.2) is 92.7 Å². The van der Waals surface area contributed by atoms with Crippen molar-refractivity contribution in [1.29, 1.82) is 0 Å². The van der Waals surface area contributed by atoms with Gasteiger partial charge in [-0.2, -0.15) is 13.2 Å². The number of fused-ring (bicyclic) bond motifs is 2. The number of carbonyl (C=O) groups excluding carboxylic acids is 2. The Morgan fingerprint density at radius 1 is 1.11 bits per heavy atom. The molecule has 0 N–H and O–H groups in total. The number of likely N-dealkylation sites (tertiary alicyclic amines) is 1. The summed E-state index contributed by atoms with van der Waals surface area (Å²) in [5.74, 6) is 1.00. The van der Waals surface area contributed by atoms with E-state index in [0.717, 1.165) is 64.0 Å². The third kappa shape index (κ3) is 6.58. The van der Waals surface area contributed by atoms with Crippen LogP contribution in [0.4, 0.5) is 18.0 Å². The Morgan fingerprint density at radius 2 is 1.91 bits per heavy atom. The molecule has 6 rings (SSSR count). The molecule has 1 aliphatic carbocycles. The van der Waals surface area contributed by atoms with Gasteiger partial charge in [-0.3, -0.25) is 9.78 Å². The Kier molecular flexibility index (Phi) is 9.40. The van der Waals surface area contributed by atoms with Gasteiger partial charge in [0.15, 0.2) is 0 Å². The normalized spacial score (nSPS) is 31.1. The molecule has 5 aliphatic rings. The molecule has 0 bridgehead atoms. The highest BCUT2D eigenvalue weighted by Gasteiger charge is 2.60. The van der Waals surface area contributed by atoms with E-state index in [1.807, 2.05) is 0 Å². The lowest BCUT2D eigenvalue weighted by Crippen LogP contribution is -2.49. The van der Waals surface area contributed by atoms with Crippen LogP contribution >= 0.6 is 0 Å². The van der Waals surface area contributed by atoms with Crippen LogP contribution in [0.5, 0.6) is 0 Å². The summed E-state index contributed by atoms with van der Waals surface area (Å²) in [5.41, 5.74) is -0.548. The molecule has 1 aromatic rings. The van der Waals surface area contributed by atoms with Crippen molar-refractivity contribution in [2.24, 2.45) is 29.1 Å². The standard InChI is InChI=1S/C32H44F3N3O6/c1-41-28-19-43-10-6-23(28)12-22-13-26-18-38(30(40)44-11-5-21-3-8-42-9-4-21)20-31(26,15-22)29(39)37-7-2-27-24(17-37)14-25(16-36-27)32(33,34)35/h14,16,21-23,26,28H,2-13,15,17-20H2,1H3/t22-,23?,26+,28?,31+/m1/s1. The third-order valence-electron chi connectivity index (χ3n) is 10.8. The van der Waals surface area contributed by atoms with Gasteiger partial charge in [-0.1, -0.05) is 0 Å². The van der Waals surface area contributed by atoms with Crippen LogP contribution < -0.4 is 0 Å². The number of carbonyl (C=O) groups is 2. The van der Waals surface area contributed by atoms with E-state index in [4.69, 9.17) is 18.9 Å². The summed E-state index contributed by atoms with van der Waals surface area (Å²) < 4.78 is 62.8. The van der Waals surface area contributed by atoms with Crippen molar-refractivity contribution in [2.45, 2.75) is 70.2 Å². The molecule has 1 saturated carbocycles. The molecule has 2 amide bonds. The number of pyridine rings is 1. The summed E-state index contributed by atoms with van der Waals surface area (Å²) in [5, 5.41) is 0. The zero-order valence-electron chi connectivity index (χ0n) is 25.5. The highest BCUT2D eigenvalue weighted by molar-refractivity contribution is 5.85. The maximum absolute atomic E-state index is 14.5. The molecule has 244 valence electrons. The predicted octanol–water partition coefficient (Wildman–Crippen LogP) is 4.71. The summed E-state index contributed by atoms with van der Waals surface area (Å²) in [6.45, 7) is 4.29. The highest BCUT2D eigenvalue weighted by atomic mass is 19.4. The Hall–Kier alpha value is -2.44. The fourth-order valence-electron chi connectivity index (χ4n) is 8.38. The van der Waals surface area contributed by atoms with Crippen molar-refractivity contribution in [1.82, 2.24) is 14.8 Å². The van der Waals surface area contributed by atoms with E-state index >= 15 is 0 Å². The van der Waals surface area contributed by atoms with Gasteiger partial charge in [0.05, 0.1) is 30.3 Å². The van der Waals surface area contributed by atoms with Crippen LogP contribution in [0.15, 0.2) is 12.3 Å². The van der Waals surface area contributed by atoms with Crippen LogP contribution in [0.3, 0.4) is 0 Å². The molecule has 5 heterocycles. The van der Waals surface area contributed by atoms with Crippen LogP contribution in [0.25, 0.3) is 0 Å². The van der Waals surface area contributed by atoms with Gasteiger partial charge in [0.2, 0.25) is 5.91 Å². The zero-order chi connectivity index (χ0) is 30.9. The van der Waals surface area contributed by atoms with Gasteiger partial charge in [-0.25, -0.2) is 4.79 Å². The number of hydrogen-bond acceptors (Lipinski definition) is 7. The van der Waals surface area contributed by atoms with Crippen LogP contribution in [0, 0.1) is 29.1 Å². The predicted molar refractivity (Wildman–Crippen MR) is 152 cm³/mol. The minimum atomic E-state index is -4.50. The summed E-state index contributed by atoms with van der Waals surface area (Å²) >= 11 is 0. The van der Waals surface area contributed by atoms with E-state index in [1.54, 1.807) is 16.9 Å². The lowest BCUT2D eigenvalue weighted by molar-refractivity contribution is -0.144. The first kappa shape index (κ1) is 31.5. The first-order chi connectivity index (χ1) is 21.2. The van der Waals surface area contributed by atoms with Gasteiger partial charge in [0.1, 0.15) is 0 Å². The third-order valence-corrected chi connectivity index (χ3v) is 10.8. The fourth-order valence-corrected chi connectivity index (χ4v) is 8.38. The number of methoxy groups -OCH3 is 1. The van der Waals surface area contributed by atoms with Crippen LogP contribution in [-0.2, 0) is 42.9 Å². The molecule has 4 fully saturated rings. The van der Waals surface area contributed by atoms with E-state index in [1.165, 1.54) is 0 Å². The van der Waals surface area contributed by atoms with E-state index in [-0.39, 0.29) is 43.0 Å². The van der Waals surface area contributed by atoms with Crippen LogP contribution in [0.2, 0.25) is 0 Å². The summed E-state index contributed by atoms with van der Waals surface area (Å²) in [6, 6.07) is 1.13. The fraction of sp³-hybridized carbons (Fsp3) is 0.781. The zero-order valence-corrected chi connectivity index (χ0v) is 25.5. The van der Waals surface area contributed by atoms with E-state index in [9.17, 15) is 22.8 Å². The van der Waals surface area contributed by atoms with E-state index in [0.29, 0.717) is 68.8 Å². The Morgan fingerprint density at radius 3 is 2.68 bits per heavy atom. The molecular weight excluding hydrogens is 579 g/mol. The maximum Gasteiger partial charge on any atom is 0.417 e. The van der Waals surface area contributed by atoms with Gasteiger partial charge in [-0.05, 0) is 80.2 Å². The summed E-state index contributed by atoms with van der Waals surface area (Å²) in [7, 11) is 1.71. The van der Waals surface area contributed by atoms with Gasteiger partial charge in [-0.15, -0.1) is 0 Å². The average Bonchev–Trinajstić information content (AvgIpc) is 3.55. The number of aromatic nitrogens is 1. The Bertz CT molecular complexity index is 1190. The molecule has 9 nitrogen and oxygen atoms in total. The van der Waals surface area contributed by atoms with Gasteiger partial charge in [0, 0.05) is 71.4 Å². The molecule has 12 heteroatoms. The second-order valence-electron chi connectivity index (χ2n) is 13.4. The van der Waals surface area contributed by atoms with Gasteiger partial charge in [0.25, 0.3) is 0 Å². The summed E-state index contributed by atoms with van der Waals surface area (Å²) in [6.07, 6.45) is 2.43. The minimum Gasteiger partial charge on any atom is -0.449 e. The second kappa shape index (κ2) is 13.1. The van der Waals surface area contributed by atoms with E-state index < -0.39 is 17.2 Å². The van der Waals surface area contributed by atoms with Crippen molar-refractivity contribution in [3.8, 4) is 0 Å². The second-order valence-corrected chi connectivity index (χ2v) is 13.4. The minimum absolute atomic E-state index is 0.0203. The number of halogens is 3. The molecule has 0 aromatic carbocycles. The lowest BCUT2D eigenvalue weighted by Gasteiger charge is -2.37. The molecule has 0 radical (unpaired) electrons. The number of ether oxygens (including phenoxy) is 4. The van der Waals surface area contributed by atoms with Gasteiger partial charge < -0.3 is 28.7 Å². The van der Waals surface area contributed by atoms with Gasteiger partial charge >= 0.3 is 12.3 Å². The first-order valence-electron chi connectivity index (χ1n) is 16.1. The SMILES string of the molecule is COC1COCCC1C[C@@H]1C[C@H]2CN(C(=O)OCCC3CCOCC3)C[C@@]2(C(=O)N2CCc3ncc(C(F)(F)F)cc3C2)C1. The molecule has 0 spiro atoms. The van der Waals surface area contributed by atoms with E-state index in [2.05, 4.69) is 4.98 Å². The van der Waals surface area contributed by atoms with Crippen molar-refractivity contribution < 1.29 is 41.7 Å².